The molecule has 0 saturated carbocycles. The average molecular weight is 304 g/mol. The van der Waals surface area contributed by atoms with Crippen LogP contribution in [0.1, 0.15) is 13.2 Å². The monoisotopic (exact) mass is 304 g/mol. The van der Waals surface area contributed by atoms with Crippen molar-refractivity contribution in [1.29, 1.82) is 0 Å². The Bertz CT molecular complexity index is 655. The fourth-order valence-electron chi connectivity index (χ4n) is 2.08. The highest BCUT2D eigenvalue weighted by atomic mass is 19.1. The first-order valence-corrected chi connectivity index (χ1v) is 5.97. The predicted octanol–water partition coefficient (Wildman–Crippen LogP) is -2.14. The number of aromatic nitrogens is 2. The summed E-state index contributed by atoms with van der Waals surface area (Å²) < 4.78 is 23.9. The third-order valence-electron chi connectivity index (χ3n) is 2.99. The number of halogens is 1. The summed E-state index contributed by atoms with van der Waals surface area (Å²) in [6, 6.07) is 0. The van der Waals surface area contributed by atoms with Crippen molar-refractivity contribution in [1.82, 2.24) is 9.55 Å². The van der Waals surface area contributed by atoms with Gasteiger partial charge in [0.15, 0.2) is 12.3 Å². The lowest BCUT2D eigenvalue weighted by atomic mass is 10.1. The van der Waals surface area contributed by atoms with Gasteiger partial charge < -0.3 is 19.7 Å². The van der Waals surface area contributed by atoms with Crippen molar-refractivity contribution in [2.45, 2.75) is 31.5 Å². The molecule has 1 aromatic rings. The van der Waals surface area contributed by atoms with Crippen LogP contribution in [0, 0.1) is 5.82 Å². The highest BCUT2D eigenvalue weighted by Crippen LogP contribution is 2.30. The van der Waals surface area contributed by atoms with E-state index in [9.17, 15) is 23.9 Å². The highest BCUT2D eigenvalue weighted by molar-refractivity contribution is 5.66. The van der Waals surface area contributed by atoms with Crippen LogP contribution in [-0.4, -0.2) is 50.7 Å². The molecule has 0 aromatic carbocycles. The van der Waals surface area contributed by atoms with Crippen LogP contribution in [0.25, 0.3) is 0 Å². The van der Waals surface area contributed by atoms with E-state index in [1.165, 1.54) is 0 Å². The highest BCUT2D eigenvalue weighted by Gasteiger charge is 2.47. The molecule has 0 radical (unpaired) electrons. The molecule has 4 atom stereocenters. The van der Waals surface area contributed by atoms with E-state index >= 15 is 0 Å². The maximum absolute atomic E-state index is 13.3. The van der Waals surface area contributed by atoms with Gasteiger partial charge in [0.1, 0.15) is 12.2 Å². The fraction of sp³-hybridized carbons (Fsp3) is 0.545. The van der Waals surface area contributed by atoms with Crippen LogP contribution in [0.15, 0.2) is 15.8 Å². The van der Waals surface area contributed by atoms with Gasteiger partial charge in [0.25, 0.3) is 5.56 Å². The predicted molar refractivity (Wildman–Crippen MR) is 63.8 cm³/mol. The van der Waals surface area contributed by atoms with Gasteiger partial charge in [0.2, 0.25) is 5.82 Å². The van der Waals surface area contributed by atoms with Gasteiger partial charge in [-0.1, -0.05) is 0 Å². The molecule has 0 aliphatic carbocycles. The maximum Gasteiger partial charge on any atom is 0.330 e. The molecule has 1 aromatic heterocycles. The van der Waals surface area contributed by atoms with Gasteiger partial charge >= 0.3 is 11.7 Å². The Balaban J connectivity index is 2.37. The van der Waals surface area contributed by atoms with E-state index in [0.717, 1.165) is 6.92 Å². The quantitative estimate of drug-likeness (QED) is 0.543. The smallest absolute Gasteiger partial charge is 0.330 e. The lowest BCUT2D eigenvalue weighted by molar-refractivity contribution is -0.153. The van der Waals surface area contributed by atoms with Crippen LogP contribution in [0.2, 0.25) is 0 Å². The summed E-state index contributed by atoms with van der Waals surface area (Å²) in [7, 11) is 0. The SMILES string of the molecule is CC(=O)OC1C(O)[C@@H](n2cc(F)c(=O)[nH]c2=O)O[C@H]1CO. The first kappa shape index (κ1) is 15.4. The minimum absolute atomic E-state index is 0.569. The number of aromatic amines is 1. The summed E-state index contributed by atoms with van der Waals surface area (Å²) in [5.41, 5.74) is -2.22. The number of nitrogens with zero attached hydrogens (tertiary/aromatic N) is 1. The Morgan fingerprint density at radius 2 is 2.24 bits per heavy atom. The van der Waals surface area contributed by atoms with E-state index < -0.39 is 54.2 Å². The molecule has 0 amide bonds. The van der Waals surface area contributed by atoms with Crippen molar-refractivity contribution < 1.29 is 28.9 Å². The summed E-state index contributed by atoms with van der Waals surface area (Å²) in [5, 5.41) is 19.2. The molecule has 2 rings (SSSR count). The number of hydrogen-bond donors (Lipinski definition) is 3. The van der Waals surface area contributed by atoms with Gasteiger partial charge in [-0.25, -0.2) is 4.79 Å². The molecule has 116 valence electrons. The second-order valence-electron chi connectivity index (χ2n) is 4.46. The molecule has 2 unspecified atom stereocenters. The number of esters is 1. The minimum atomic E-state index is -1.52. The fourth-order valence-corrected chi connectivity index (χ4v) is 2.08. The van der Waals surface area contributed by atoms with E-state index in [0.29, 0.717) is 10.8 Å². The molecule has 9 nitrogen and oxygen atoms in total. The van der Waals surface area contributed by atoms with Gasteiger partial charge in [-0.3, -0.25) is 19.1 Å². The van der Waals surface area contributed by atoms with Crippen LogP contribution >= 0.6 is 0 Å². The Morgan fingerprint density at radius 3 is 2.81 bits per heavy atom. The van der Waals surface area contributed by atoms with Crippen molar-refractivity contribution >= 4 is 5.97 Å². The van der Waals surface area contributed by atoms with E-state index in [4.69, 9.17) is 14.6 Å². The summed E-state index contributed by atoms with van der Waals surface area (Å²) in [6.45, 7) is 0.506. The zero-order valence-corrected chi connectivity index (χ0v) is 10.9. The van der Waals surface area contributed by atoms with E-state index in [1.807, 2.05) is 0 Å². The molecule has 1 fully saturated rings. The molecule has 1 saturated heterocycles. The van der Waals surface area contributed by atoms with E-state index in [2.05, 4.69) is 0 Å². The summed E-state index contributed by atoms with van der Waals surface area (Å²) in [5.74, 6) is -1.97. The Kier molecular flexibility index (Phi) is 4.21. The molecule has 10 heteroatoms. The maximum atomic E-state index is 13.3. The normalized spacial score (nSPS) is 28.6. The summed E-state index contributed by atoms with van der Waals surface area (Å²) in [4.78, 5) is 35.3. The first-order chi connectivity index (χ1) is 9.85. The Labute approximate surface area is 116 Å². The molecule has 0 bridgehead atoms. The lowest BCUT2D eigenvalue weighted by Gasteiger charge is -2.19. The van der Waals surface area contributed by atoms with Crippen molar-refractivity contribution in [2.75, 3.05) is 6.61 Å². The van der Waals surface area contributed by atoms with Gasteiger partial charge in [-0.2, -0.15) is 4.39 Å². The molecule has 21 heavy (non-hydrogen) atoms. The second-order valence-corrected chi connectivity index (χ2v) is 4.46. The van der Waals surface area contributed by atoms with Gasteiger partial charge in [0.05, 0.1) is 12.8 Å². The van der Waals surface area contributed by atoms with Crippen molar-refractivity contribution in [2.24, 2.45) is 0 Å². The first-order valence-electron chi connectivity index (χ1n) is 5.97. The van der Waals surface area contributed by atoms with E-state index in [1.54, 1.807) is 4.98 Å². The Morgan fingerprint density at radius 1 is 1.57 bits per heavy atom. The topological polar surface area (TPSA) is 131 Å². The number of aliphatic hydroxyl groups excluding tert-OH is 2. The third-order valence-corrected chi connectivity index (χ3v) is 2.99. The van der Waals surface area contributed by atoms with Gasteiger partial charge in [-0.05, 0) is 0 Å². The number of H-pyrrole nitrogens is 1. The molecular formula is C11H13FN2O7. The lowest BCUT2D eigenvalue weighted by Crippen LogP contribution is -2.40. The molecule has 2 heterocycles. The zero-order valence-electron chi connectivity index (χ0n) is 10.9. The van der Waals surface area contributed by atoms with Gasteiger partial charge in [0, 0.05) is 6.92 Å². The van der Waals surface area contributed by atoms with Crippen molar-refractivity contribution in [3.05, 3.63) is 32.9 Å². The van der Waals surface area contributed by atoms with Crippen LogP contribution in [0.5, 0.6) is 0 Å². The summed E-state index contributed by atoms with van der Waals surface area (Å²) in [6.07, 6.45) is -4.67. The molecule has 1 aliphatic rings. The zero-order chi connectivity index (χ0) is 15.7. The van der Waals surface area contributed by atoms with Crippen LogP contribution in [0.3, 0.4) is 0 Å². The molecule has 1 aliphatic heterocycles. The number of rotatable bonds is 3. The number of carbonyl (C=O) groups excluding carboxylic acids is 1. The standard InChI is InChI=1S/C11H13FN2O7/c1-4(16)20-8-6(3-15)21-10(7(8)17)14-2-5(12)9(18)13-11(14)19/h2,6-8,10,15,17H,3H2,1H3,(H,13,18,19)/t6-,7?,8?,10-/m0/s1. The van der Waals surface area contributed by atoms with Crippen LogP contribution in [-0.2, 0) is 14.3 Å². The van der Waals surface area contributed by atoms with Crippen molar-refractivity contribution in [3.8, 4) is 0 Å². The number of aliphatic hydroxyl groups is 2. The second kappa shape index (κ2) is 5.76. The van der Waals surface area contributed by atoms with Gasteiger partial charge in [-0.15, -0.1) is 0 Å². The van der Waals surface area contributed by atoms with E-state index in [-0.39, 0.29) is 0 Å². The van der Waals surface area contributed by atoms with Crippen molar-refractivity contribution in [3.63, 3.8) is 0 Å². The van der Waals surface area contributed by atoms with Crippen LogP contribution < -0.4 is 11.2 Å². The number of nitrogens with one attached hydrogen (secondary N) is 1. The molecule has 0 spiro atoms. The average Bonchev–Trinajstić information content (AvgIpc) is 2.71. The number of ether oxygens (including phenoxy) is 2. The number of carbonyl (C=O) groups is 1. The summed E-state index contributed by atoms with van der Waals surface area (Å²) >= 11 is 0. The number of hydrogen-bond acceptors (Lipinski definition) is 7. The molecule has 3 N–H and O–H groups in total. The minimum Gasteiger partial charge on any atom is -0.457 e. The molecular weight excluding hydrogens is 291 g/mol. The largest absolute Gasteiger partial charge is 0.457 e. The third kappa shape index (κ3) is 2.86. The Hall–Kier alpha value is -2.04. The van der Waals surface area contributed by atoms with Crippen LogP contribution in [0.4, 0.5) is 4.39 Å².